The van der Waals surface area contributed by atoms with Crippen molar-refractivity contribution in [2.45, 2.75) is 25.6 Å². The molecule has 1 atom stereocenters. The van der Waals surface area contributed by atoms with Crippen LogP contribution in [-0.4, -0.2) is 57.6 Å². The van der Waals surface area contributed by atoms with E-state index in [-0.39, 0.29) is 6.54 Å². The van der Waals surface area contributed by atoms with Crippen molar-refractivity contribution >= 4 is 35.6 Å². The van der Waals surface area contributed by atoms with E-state index in [4.69, 9.17) is 4.42 Å². The van der Waals surface area contributed by atoms with Gasteiger partial charge in [0.05, 0.1) is 18.0 Å². The van der Waals surface area contributed by atoms with Gasteiger partial charge in [0.15, 0.2) is 6.17 Å². The average Bonchev–Trinajstić information content (AvgIpc) is 3.45. The third kappa shape index (κ3) is 5.05. The van der Waals surface area contributed by atoms with Crippen molar-refractivity contribution in [2.75, 3.05) is 16.8 Å². The van der Waals surface area contributed by atoms with Crippen molar-refractivity contribution in [3.05, 3.63) is 84.8 Å². The molecule has 1 fully saturated rings. The van der Waals surface area contributed by atoms with Gasteiger partial charge < -0.3 is 14.6 Å². The number of rotatable bonds is 7. The number of hydrogen-bond donors (Lipinski definition) is 3. The molecule has 1 aliphatic rings. The van der Waals surface area contributed by atoms with E-state index in [1.807, 2.05) is 0 Å². The van der Waals surface area contributed by atoms with Crippen LogP contribution in [0.15, 0.2) is 88.6 Å². The number of urea groups is 2. The molecule has 3 N–H and O–H groups in total. The molecule has 1 aliphatic heterocycles. The molecule has 0 spiro atoms. The third-order valence-electron chi connectivity index (χ3n) is 5.73. The molecule has 1 unspecified atom stereocenters. The molecule has 5 amide bonds. The van der Waals surface area contributed by atoms with E-state index in [1.54, 1.807) is 86.6 Å². The third-order valence-corrected chi connectivity index (χ3v) is 5.73. The van der Waals surface area contributed by atoms with E-state index in [1.165, 1.54) is 22.3 Å². The number of hydrazone groups is 1. The predicted octanol–water partition coefficient (Wildman–Crippen LogP) is 3.70. The summed E-state index contributed by atoms with van der Waals surface area (Å²) in [5.41, 5.74) is 2.10. The maximum atomic E-state index is 13.6. The van der Waals surface area contributed by atoms with Crippen molar-refractivity contribution in [1.82, 2.24) is 15.4 Å². The molecule has 4 rings (SSSR count). The molecular formula is C25H26N6O5. The molecule has 2 heterocycles. The molecule has 186 valence electrons. The van der Waals surface area contributed by atoms with Crippen LogP contribution in [0.1, 0.15) is 19.6 Å². The van der Waals surface area contributed by atoms with Gasteiger partial charge in [-0.3, -0.25) is 14.9 Å². The first-order valence-electron chi connectivity index (χ1n) is 11.1. The van der Waals surface area contributed by atoms with Crippen LogP contribution in [0.25, 0.3) is 0 Å². The van der Waals surface area contributed by atoms with E-state index in [0.717, 1.165) is 0 Å². The summed E-state index contributed by atoms with van der Waals surface area (Å²) < 4.78 is 5.12. The monoisotopic (exact) mass is 490 g/mol. The topological polar surface area (TPSA) is 131 Å². The summed E-state index contributed by atoms with van der Waals surface area (Å²) in [6.07, 6.45) is 1.65. The van der Waals surface area contributed by atoms with Gasteiger partial charge in [0.25, 0.3) is 5.91 Å². The van der Waals surface area contributed by atoms with Crippen LogP contribution in [0.4, 0.5) is 21.0 Å². The molecular weight excluding hydrogens is 464 g/mol. The van der Waals surface area contributed by atoms with E-state index in [2.05, 4.69) is 15.8 Å². The molecule has 0 radical (unpaired) electrons. The molecule has 2 aromatic carbocycles. The van der Waals surface area contributed by atoms with E-state index in [0.29, 0.717) is 22.2 Å². The predicted molar refractivity (Wildman–Crippen MR) is 132 cm³/mol. The van der Waals surface area contributed by atoms with Crippen LogP contribution in [0, 0.1) is 0 Å². The summed E-state index contributed by atoms with van der Waals surface area (Å²) >= 11 is 0. The van der Waals surface area contributed by atoms with Gasteiger partial charge in [-0.25, -0.2) is 15.0 Å². The van der Waals surface area contributed by atoms with Gasteiger partial charge in [-0.2, -0.15) is 10.2 Å². The van der Waals surface area contributed by atoms with Crippen molar-refractivity contribution in [3.8, 4) is 0 Å². The van der Waals surface area contributed by atoms with Gasteiger partial charge in [-0.1, -0.05) is 36.4 Å². The number of nitrogens with zero attached hydrogens (tertiary/aromatic N) is 4. The number of hydrogen-bond acceptors (Lipinski definition) is 6. The molecule has 11 heteroatoms. The van der Waals surface area contributed by atoms with Crippen molar-refractivity contribution in [3.63, 3.8) is 0 Å². The minimum atomic E-state index is -1.18. The zero-order valence-electron chi connectivity index (χ0n) is 19.7. The second-order valence-electron chi connectivity index (χ2n) is 8.55. The summed E-state index contributed by atoms with van der Waals surface area (Å²) in [4.78, 5) is 41.7. The first-order valence-corrected chi connectivity index (χ1v) is 11.1. The van der Waals surface area contributed by atoms with Gasteiger partial charge in [0.1, 0.15) is 12.3 Å². The fourth-order valence-electron chi connectivity index (χ4n) is 3.98. The number of para-hydroxylation sites is 2. The SMILES string of the molecule is CC1(C)C(N(O)C(=O)Nc2ccccc2)N(c2ccccc2)C(=O)N1CC(=O)NN=Cc1ccco1. The Morgan fingerprint density at radius 2 is 1.75 bits per heavy atom. The standard InChI is InChI=1S/C25H26N6O5/c1-25(2)22(31(35)23(33)27-18-10-5-3-6-11-18)30(19-12-7-4-8-13-19)24(34)29(25)17-21(32)28-26-16-20-14-9-15-36-20/h3-16,22,35H,17H2,1-2H3,(H,27,33)(H,28,32). The van der Waals surface area contributed by atoms with Gasteiger partial charge >= 0.3 is 12.1 Å². The summed E-state index contributed by atoms with van der Waals surface area (Å²) in [5, 5.41) is 18.0. The molecule has 0 aliphatic carbocycles. The highest BCUT2D eigenvalue weighted by Crippen LogP contribution is 2.37. The number of carbonyl (C=O) groups is 3. The summed E-state index contributed by atoms with van der Waals surface area (Å²) in [5.74, 6) is -0.116. The second kappa shape index (κ2) is 10.3. The van der Waals surface area contributed by atoms with Gasteiger partial charge in [0.2, 0.25) is 0 Å². The van der Waals surface area contributed by atoms with Crippen LogP contribution in [0.2, 0.25) is 0 Å². The van der Waals surface area contributed by atoms with Gasteiger partial charge in [0, 0.05) is 11.4 Å². The Morgan fingerprint density at radius 3 is 2.39 bits per heavy atom. The molecule has 1 saturated heterocycles. The smallest absolute Gasteiger partial charge is 0.347 e. The molecule has 0 bridgehead atoms. The summed E-state index contributed by atoms with van der Waals surface area (Å²) in [6.45, 7) is 2.96. The lowest BCUT2D eigenvalue weighted by molar-refractivity contribution is -0.124. The highest BCUT2D eigenvalue weighted by molar-refractivity contribution is 6.00. The van der Waals surface area contributed by atoms with Crippen LogP contribution in [-0.2, 0) is 4.79 Å². The van der Waals surface area contributed by atoms with E-state index in [9.17, 15) is 19.6 Å². The van der Waals surface area contributed by atoms with Crippen LogP contribution in [0.5, 0.6) is 0 Å². The Kier molecular flexibility index (Phi) is 7.02. The zero-order valence-corrected chi connectivity index (χ0v) is 19.7. The second-order valence-corrected chi connectivity index (χ2v) is 8.55. The molecule has 3 aromatic rings. The normalized spacial score (nSPS) is 16.9. The highest BCUT2D eigenvalue weighted by atomic mass is 16.5. The number of amides is 5. The minimum absolute atomic E-state index is 0.366. The number of anilines is 2. The minimum Gasteiger partial charge on any atom is -0.463 e. The Balaban J connectivity index is 1.58. The Labute approximate surface area is 207 Å². The molecule has 0 saturated carbocycles. The van der Waals surface area contributed by atoms with E-state index < -0.39 is 29.7 Å². The summed E-state index contributed by atoms with van der Waals surface area (Å²) in [7, 11) is 0. The molecule has 36 heavy (non-hydrogen) atoms. The Hall–Kier alpha value is -4.64. The number of benzene rings is 2. The average molecular weight is 491 g/mol. The largest absolute Gasteiger partial charge is 0.463 e. The van der Waals surface area contributed by atoms with E-state index >= 15 is 0 Å². The fraction of sp³-hybridized carbons (Fsp3) is 0.200. The Morgan fingerprint density at radius 1 is 1.08 bits per heavy atom. The number of carbonyl (C=O) groups excluding carboxylic acids is 3. The first-order chi connectivity index (χ1) is 17.3. The zero-order chi connectivity index (χ0) is 25.7. The van der Waals surface area contributed by atoms with Crippen molar-refractivity contribution in [2.24, 2.45) is 5.10 Å². The van der Waals surface area contributed by atoms with Gasteiger partial charge in [-0.05, 0) is 50.2 Å². The molecule has 11 nitrogen and oxygen atoms in total. The lowest BCUT2D eigenvalue weighted by Gasteiger charge is -2.38. The maximum absolute atomic E-state index is 13.6. The quantitative estimate of drug-likeness (QED) is 0.264. The Bertz CT molecular complexity index is 1230. The highest BCUT2D eigenvalue weighted by Gasteiger charge is 2.56. The van der Waals surface area contributed by atoms with Crippen LogP contribution < -0.4 is 15.6 Å². The fourth-order valence-corrected chi connectivity index (χ4v) is 3.98. The first kappa shape index (κ1) is 24.5. The van der Waals surface area contributed by atoms with Crippen LogP contribution in [0.3, 0.4) is 0 Å². The molecule has 1 aromatic heterocycles. The number of furan rings is 1. The van der Waals surface area contributed by atoms with Crippen molar-refractivity contribution in [1.29, 1.82) is 0 Å². The lowest BCUT2D eigenvalue weighted by atomic mass is 9.99. The van der Waals surface area contributed by atoms with Gasteiger partial charge in [-0.15, -0.1) is 0 Å². The van der Waals surface area contributed by atoms with Crippen LogP contribution >= 0.6 is 0 Å². The number of hydroxylamine groups is 2. The maximum Gasteiger partial charge on any atom is 0.347 e. The lowest BCUT2D eigenvalue weighted by Crippen LogP contribution is -2.58. The number of nitrogens with one attached hydrogen (secondary N) is 2. The summed E-state index contributed by atoms with van der Waals surface area (Å²) in [6, 6.07) is 19.2. The van der Waals surface area contributed by atoms with Crippen molar-refractivity contribution < 1.29 is 24.0 Å².